The maximum Gasteiger partial charge on any atom is 0.123 e. The molecule has 0 radical (unpaired) electrons. The van der Waals surface area contributed by atoms with E-state index in [1.54, 1.807) is 6.20 Å². The summed E-state index contributed by atoms with van der Waals surface area (Å²) in [6, 6.07) is 4.28. The van der Waals surface area contributed by atoms with E-state index in [1.165, 1.54) is 24.8 Å². The van der Waals surface area contributed by atoms with Crippen molar-refractivity contribution in [1.29, 1.82) is 0 Å². The molecule has 0 amide bonds. The van der Waals surface area contributed by atoms with Crippen molar-refractivity contribution in [3.8, 4) is 0 Å². The van der Waals surface area contributed by atoms with Crippen LogP contribution in [0.2, 0.25) is 0 Å². The van der Waals surface area contributed by atoms with E-state index < -0.39 is 0 Å². The van der Waals surface area contributed by atoms with Gasteiger partial charge in [-0.2, -0.15) is 0 Å². The van der Waals surface area contributed by atoms with Crippen LogP contribution in [0.15, 0.2) is 18.3 Å². The molecule has 1 aromatic rings. The normalized spacial score (nSPS) is 27.5. The third-order valence-corrected chi connectivity index (χ3v) is 3.05. The first kappa shape index (κ1) is 9.46. The van der Waals surface area contributed by atoms with Crippen LogP contribution in [-0.4, -0.2) is 11.0 Å². The van der Waals surface area contributed by atoms with Crippen LogP contribution in [0.5, 0.6) is 0 Å². The molecule has 1 saturated carbocycles. The summed E-state index contributed by atoms with van der Waals surface area (Å²) >= 11 is 0. The topological polar surface area (TPSA) is 64.9 Å². The van der Waals surface area contributed by atoms with Crippen molar-refractivity contribution in [3.05, 3.63) is 23.9 Å². The van der Waals surface area contributed by atoms with E-state index in [0.717, 1.165) is 6.42 Å². The number of aromatic nitrogens is 1. The number of nitrogens with zero attached hydrogens (tertiary/aromatic N) is 1. The average Bonchev–Trinajstić information content (AvgIpc) is 2.18. The van der Waals surface area contributed by atoms with Crippen molar-refractivity contribution in [2.24, 2.45) is 5.73 Å². The van der Waals surface area contributed by atoms with Crippen LogP contribution in [-0.2, 0) is 0 Å². The summed E-state index contributed by atoms with van der Waals surface area (Å²) in [6.45, 7) is 0. The van der Waals surface area contributed by atoms with E-state index in [4.69, 9.17) is 11.5 Å². The van der Waals surface area contributed by atoms with Gasteiger partial charge >= 0.3 is 0 Å². The molecule has 4 N–H and O–H groups in total. The Morgan fingerprint density at radius 3 is 2.79 bits per heavy atom. The molecule has 1 heterocycles. The van der Waals surface area contributed by atoms with Crippen molar-refractivity contribution in [2.45, 2.75) is 37.6 Å². The number of hydrogen-bond acceptors (Lipinski definition) is 3. The van der Waals surface area contributed by atoms with Crippen LogP contribution in [0.3, 0.4) is 0 Å². The van der Waals surface area contributed by atoms with Gasteiger partial charge in [-0.3, -0.25) is 0 Å². The Hall–Kier alpha value is -1.09. The van der Waals surface area contributed by atoms with Gasteiger partial charge in [-0.15, -0.1) is 0 Å². The largest absolute Gasteiger partial charge is 0.384 e. The van der Waals surface area contributed by atoms with Crippen molar-refractivity contribution in [2.75, 3.05) is 5.73 Å². The van der Waals surface area contributed by atoms with Crippen molar-refractivity contribution >= 4 is 5.82 Å². The van der Waals surface area contributed by atoms with Gasteiger partial charge in [0.1, 0.15) is 5.82 Å². The molecular formula is C11H17N3. The first-order chi connectivity index (χ1) is 6.77. The zero-order valence-electron chi connectivity index (χ0n) is 8.32. The zero-order valence-corrected chi connectivity index (χ0v) is 8.32. The maximum absolute atomic E-state index is 6.10. The SMILES string of the molecule is Nc1cc(C2CCCCC2N)ccn1. The molecule has 0 aliphatic heterocycles. The molecule has 0 aromatic carbocycles. The summed E-state index contributed by atoms with van der Waals surface area (Å²) < 4.78 is 0. The van der Waals surface area contributed by atoms with Gasteiger partial charge in [-0.1, -0.05) is 12.8 Å². The van der Waals surface area contributed by atoms with Gasteiger partial charge in [0.05, 0.1) is 0 Å². The average molecular weight is 191 g/mol. The van der Waals surface area contributed by atoms with Gasteiger partial charge < -0.3 is 11.5 Å². The predicted molar refractivity (Wildman–Crippen MR) is 57.8 cm³/mol. The molecule has 14 heavy (non-hydrogen) atoms. The van der Waals surface area contributed by atoms with Gasteiger partial charge in [0, 0.05) is 12.2 Å². The summed E-state index contributed by atoms with van der Waals surface area (Å²) in [7, 11) is 0. The van der Waals surface area contributed by atoms with E-state index >= 15 is 0 Å². The Morgan fingerprint density at radius 1 is 1.29 bits per heavy atom. The number of nitrogen functional groups attached to an aromatic ring is 1. The van der Waals surface area contributed by atoms with Crippen LogP contribution in [0.1, 0.15) is 37.2 Å². The number of anilines is 1. The summed E-state index contributed by atoms with van der Waals surface area (Å²) in [5, 5.41) is 0. The summed E-state index contributed by atoms with van der Waals surface area (Å²) in [5.74, 6) is 1.08. The van der Waals surface area contributed by atoms with Crippen molar-refractivity contribution < 1.29 is 0 Å². The van der Waals surface area contributed by atoms with Crippen LogP contribution in [0, 0.1) is 0 Å². The Morgan fingerprint density at radius 2 is 2.07 bits per heavy atom. The monoisotopic (exact) mass is 191 g/mol. The fraction of sp³-hybridized carbons (Fsp3) is 0.545. The molecule has 1 aliphatic carbocycles. The van der Waals surface area contributed by atoms with Crippen molar-refractivity contribution in [3.63, 3.8) is 0 Å². The van der Waals surface area contributed by atoms with E-state index in [1.807, 2.05) is 12.1 Å². The lowest BCUT2D eigenvalue weighted by Crippen LogP contribution is -2.31. The smallest absolute Gasteiger partial charge is 0.123 e. The minimum absolute atomic E-state index is 0.297. The Bertz CT molecular complexity index is 311. The van der Waals surface area contributed by atoms with Crippen LogP contribution in [0.25, 0.3) is 0 Å². The molecule has 2 unspecified atom stereocenters. The lowest BCUT2D eigenvalue weighted by atomic mass is 9.81. The molecule has 0 bridgehead atoms. The summed E-state index contributed by atoms with van der Waals surface area (Å²) in [5.41, 5.74) is 13.0. The molecule has 3 nitrogen and oxygen atoms in total. The molecule has 3 heteroatoms. The van der Waals surface area contributed by atoms with E-state index in [2.05, 4.69) is 4.98 Å². The van der Waals surface area contributed by atoms with Crippen LogP contribution >= 0.6 is 0 Å². The summed E-state index contributed by atoms with van der Waals surface area (Å²) in [6.07, 6.45) is 6.63. The molecule has 1 aliphatic rings. The van der Waals surface area contributed by atoms with Crippen LogP contribution in [0.4, 0.5) is 5.82 Å². The van der Waals surface area contributed by atoms with E-state index in [9.17, 15) is 0 Å². The highest BCUT2D eigenvalue weighted by Gasteiger charge is 2.23. The minimum Gasteiger partial charge on any atom is -0.384 e. The second-order valence-electron chi connectivity index (χ2n) is 4.07. The highest BCUT2D eigenvalue weighted by Crippen LogP contribution is 2.31. The molecule has 0 saturated heterocycles. The minimum atomic E-state index is 0.297. The standard InChI is InChI=1S/C11H17N3/c12-10-4-2-1-3-9(10)8-5-6-14-11(13)7-8/h5-7,9-10H,1-4,12H2,(H2,13,14). The molecule has 1 aromatic heterocycles. The molecule has 2 atom stereocenters. The van der Waals surface area contributed by atoms with Gasteiger partial charge in [0.15, 0.2) is 0 Å². The molecule has 1 fully saturated rings. The number of nitrogens with two attached hydrogens (primary N) is 2. The third-order valence-electron chi connectivity index (χ3n) is 3.05. The fourth-order valence-electron chi connectivity index (χ4n) is 2.27. The number of pyridine rings is 1. The molecule has 0 spiro atoms. The van der Waals surface area contributed by atoms with Gasteiger partial charge in [0.2, 0.25) is 0 Å². The fourth-order valence-corrected chi connectivity index (χ4v) is 2.27. The Kier molecular flexibility index (Phi) is 2.68. The number of hydrogen-bond donors (Lipinski definition) is 2. The van der Waals surface area contributed by atoms with Gasteiger partial charge in [-0.05, 0) is 36.5 Å². The Labute approximate surface area is 84.5 Å². The van der Waals surface area contributed by atoms with Crippen LogP contribution < -0.4 is 11.5 Å². The van der Waals surface area contributed by atoms with Gasteiger partial charge in [0.25, 0.3) is 0 Å². The molecule has 76 valence electrons. The summed E-state index contributed by atoms with van der Waals surface area (Å²) in [4.78, 5) is 4.00. The maximum atomic E-state index is 6.10. The highest BCUT2D eigenvalue weighted by molar-refractivity contribution is 5.34. The zero-order chi connectivity index (χ0) is 9.97. The molecular weight excluding hydrogens is 174 g/mol. The predicted octanol–water partition coefficient (Wildman–Crippen LogP) is 1.65. The lowest BCUT2D eigenvalue weighted by Gasteiger charge is -2.28. The van der Waals surface area contributed by atoms with Crippen molar-refractivity contribution in [1.82, 2.24) is 4.98 Å². The third kappa shape index (κ3) is 1.87. The second kappa shape index (κ2) is 3.96. The quantitative estimate of drug-likeness (QED) is 0.709. The number of rotatable bonds is 1. The second-order valence-corrected chi connectivity index (χ2v) is 4.07. The van der Waals surface area contributed by atoms with E-state index in [-0.39, 0.29) is 0 Å². The van der Waals surface area contributed by atoms with E-state index in [0.29, 0.717) is 17.8 Å². The molecule has 2 rings (SSSR count). The Balaban J connectivity index is 2.20. The first-order valence-electron chi connectivity index (χ1n) is 5.24. The first-order valence-corrected chi connectivity index (χ1v) is 5.24. The highest BCUT2D eigenvalue weighted by atomic mass is 14.8. The lowest BCUT2D eigenvalue weighted by molar-refractivity contribution is 0.385. The van der Waals surface area contributed by atoms with Gasteiger partial charge in [-0.25, -0.2) is 4.98 Å².